The Kier molecular flexibility index (Phi) is 5.14. The molecule has 1 aromatic carbocycles. The molecule has 2 nitrogen and oxygen atoms in total. The third-order valence-electron chi connectivity index (χ3n) is 3.70. The van der Waals surface area contributed by atoms with Crippen LogP contribution in [0.15, 0.2) is 18.2 Å². The highest BCUT2D eigenvalue weighted by atomic mass is 14.9. The molecule has 2 heteroatoms. The number of aryl methyl sites for hydroxylation is 1. The molecule has 0 saturated carbocycles. The Morgan fingerprint density at radius 1 is 1.26 bits per heavy atom. The van der Waals surface area contributed by atoms with E-state index in [-0.39, 0.29) is 11.5 Å². The number of benzene rings is 1. The van der Waals surface area contributed by atoms with Gasteiger partial charge in [-0.25, -0.2) is 0 Å². The molecule has 1 N–H and O–H groups in total. The predicted molar refractivity (Wildman–Crippen MR) is 81.4 cm³/mol. The minimum absolute atomic E-state index is 0.0279. The molecule has 0 heterocycles. The topological polar surface area (TPSA) is 35.8 Å². The largest absolute Gasteiger partial charge is 0.301 e. The van der Waals surface area contributed by atoms with Gasteiger partial charge in [0.25, 0.3) is 0 Å². The van der Waals surface area contributed by atoms with Gasteiger partial charge in [-0.1, -0.05) is 45.9 Å². The standard InChI is InChI=1S/C17H26N2/c1-12(2)15-8-7-13(3)16(9-15)17(5,6)11-19-14(4)10-18/h7-9,12,14,19H,11H2,1-6H3. The molecule has 1 atom stereocenters. The van der Waals surface area contributed by atoms with Crippen LogP contribution >= 0.6 is 0 Å². The van der Waals surface area contributed by atoms with Gasteiger partial charge in [0.1, 0.15) is 0 Å². The van der Waals surface area contributed by atoms with E-state index in [0.29, 0.717) is 5.92 Å². The molecule has 0 aromatic heterocycles. The van der Waals surface area contributed by atoms with Crippen LogP contribution in [-0.4, -0.2) is 12.6 Å². The molecule has 19 heavy (non-hydrogen) atoms. The lowest BCUT2D eigenvalue weighted by atomic mass is 9.80. The zero-order valence-corrected chi connectivity index (χ0v) is 13.0. The van der Waals surface area contributed by atoms with Gasteiger partial charge in [0, 0.05) is 12.0 Å². The lowest BCUT2D eigenvalue weighted by molar-refractivity contribution is 0.455. The van der Waals surface area contributed by atoms with Crippen molar-refractivity contribution < 1.29 is 0 Å². The molecule has 0 radical (unpaired) electrons. The molecule has 0 amide bonds. The number of hydrogen-bond donors (Lipinski definition) is 1. The van der Waals surface area contributed by atoms with Gasteiger partial charge < -0.3 is 5.32 Å². The summed E-state index contributed by atoms with van der Waals surface area (Å²) >= 11 is 0. The van der Waals surface area contributed by atoms with Crippen molar-refractivity contribution in [2.24, 2.45) is 0 Å². The second-order valence-corrected chi connectivity index (χ2v) is 6.34. The Morgan fingerprint density at radius 3 is 2.42 bits per heavy atom. The van der Waals surface area contributed by atoms with Crippen LogP contribution in [0.2, 0.25) is 0 Å². The summed E-state index contributed by atoms with van der Waals surface area (Å²) < 4.78 is 0. The van der Waals surface area contributed by atoms with Crippen LogP contribution in [-0.2, 0) is 5.41 Å². The van der Waals surface area contributed by atoms with Crippen LogP contribution in [0, 0.1) is 18.3 Å². The minimum Gasteiger partial charge on any atom is -0.301 e. The molecule has 0 aliphatic rings. The normalized spacial score (nSPS) is 13.4. The Hall–Kier alpha value is -1.33. The van der Waals surface area contributed by atoms with Gasteiger partial charge in [-0.3, -0.25) is 0 Å². The van der Waals surface area contributed by atoms with Crippen molar-refractivity contribution in [2.75, 3.05) is 6.54 Å². The third-order valence-corrected chi connectivity index (χ3v) is 3.70. The number of nitriles is 1. The lowest BCUT2D eigenvalue weighted by Gasteiger charge is -2.29. The van der Waals surface area contributed by atoms with Gasteiger partial charge in [-0.2, -0.15) is 5.26 Å². The molecule has 0 bridgehead atoms. The minimum atomic E-state index is -0.104. The summed E-state index contributed by atoms with van der Waals surface area (Å²) in [5.41, 5.74) is 4.10. The predicted octanol–water partition coefficient (Wildman–Crippen LogP) is 3.90. The van der Waals surface area contributed by atoms with Crippen molar-refractivity contribution in [3.63, 3.8) is 0 Å². The van der Waals surface area contributed by atoms with Gasteiger partial charge >= 0.3 is 0 Å². The van der Waals surface area contributed by atoms with E-state index >= 15 is 0 Å². The summed E-state index contributed by atoms with van der Waals surface area (Å²) in [6.45, 7) is 13.8. The van der Waals surface area contributed by atoms with E-state index in [2.05, 4.69) is 64.2 Å². The van der Waals surface area contributed by atoms with Gasteiger partial charge in [-0.15, -0.1) is 0 Å². The van der Waals surface area contributed by atoms with Gasteiger partial charge in [0.2, 0.25) is 0 Å². The first-order valence-corrected chi connectivity index (χ1v) is 7.02. The molecule has 104 valence electrons. The highest BCUT2D eigenvalue weighted by molar-refractivity contribution is 5.37. The second kappa shape index (κ2) is 6.21. The first-order chi connectivity index (χ1) is 8.77. The fourth-order valence-electron chi connectivity index (χ4n) is 2.28. The SMILES string of the molecule is Cc1ccc(C(C)C)cc1C(C)(C)CNC(C)C#N. The summed E-state index contributed by atoms with van der Waals surface area (Å²) in [4.78, 5) is 0. The van der Waals surface area contributed by atoms with Crippen LogP contribution in [0.3, 0.4) is 0 Å². The summed E-state index contributed by atoms with van der Waals surface area (Å²) in [7, 11) is 0. The van der Waals surface area contributed by atoms with E-state index in [4.69, 9.17) is 5.26 Å². The van der Waals surface area contributed by atoms with Gasteiger partial charge in [-0.05, 0) is 36.5 Å². The molecule has 0 saturated heterocycles. The van der Waals surface area contributed by atoms with Crippen LogP contribution in [0.1, 0.15) is 57.2 Å². The Balaban J connectivity index is 2.99. The smallest absolute Gasteiger partial charge is 0.0924 e. The van der Waals surface area contributed by atoms with Crippen molar-refractivity contribution in [1.29, 1.82) is 5.26 Å². The zero-order valence-electron chi connectivity index (χ0n) is 13.0. The summed E-state index contributed by atoms with van der Waals surface area (Å²) in [5, 5.41) is 12.1. The average molecular weight is 258 g/mol. The first-order valence-electron chi connectivity index (χ1n) is 7.02. The second-order valence-electron chi connectivity index (χ2n) is 6.34. The van der Waals surface area contributed by atoms with Crippen LogP contribution in [0.5, 0.6) is 0 Å². The van der Waals surface area contributed by atoms with Crippen LogP contribution < -0.4 is 5.32 Å². The molecule has 1 aromatic rings. The maximum atomic E-state index is 8.86. The lowest BCUT2D eigenvalue weighted by Crippen LogP contribution is -2.37. The van der Waals surface area contributed by atoms with Crippen molar-refractivity contribution in [3.8, 4) is 6.07 Å². The fourth-order valence-corrected chi connectivity index (χ4v) is 2.28. The van der Waals surface area contributed by atoms with Crippen molar-refractivity contribution >= 4 is 0 Å². The van der Waals surface area contributed by atoms with Crippen molar-refractivity contribution in [3.05, 3.63) is 34.9 Å². The summed E-state index contributed by atoms with van der Waals surface area (Å²) in [6, 6.07) is 8.86. The number of nitrogens with zero attached hydrogens (tertiary/aromatic N) is 1. The molecule has 1 unspecified atom stereocenters. The molecule has 0 aliphatic heterocycles. The molecule has 0 fully saturated rings. The van der Waals surface area contributed by atoms with E-state index in [1.54, 1.807) is 0 Å². The van der Waals surface area contributed by atoms with E-state index in [0.717, 1.165) is 6.54 Å². The molecule has 0 spiro atoms. The maximum Gasteiger partial charge on any atom is 0.0924 e. The highest BCUT2D eigenvalue weighted by Crippen LogP contribution is 2.29. The molecule has 0 aliphatic carbocycles. The Bertz CT molecular complexity index is 467. The van der Waals surface area contributed by atoms with E-state index in [9.17, 15) is 0 Å². The maximum absolute atomic E-state index is 8.86. The number of nitrogens with one attached hydrogen (secondary N) is 1. The van der Waals surface area contributed by atoms with Crippen LogP contribution in [0.4, 0.5) is 0 Å². The third kappa shape index (κ3) is 4.08. The summed E-state index contributed by atoms with van der Waals surface area (Å²) in [5.74, 6) is 0.543. The highest BCUT2D eigenvalue weighted by Gasteiger charge is 2.23. The Morgan fingerprint density at radius 2 is 1.89 bits per heavy atom. The van der Waals surface area contributed by atoms with Crippen LogP contribution in [0.25, 0.3) is 0 Å². The molecular formula is C17H26N2. The van der Waals surface area contributed by atoms with Crippen molar-refractivity contribution in [1.82, 2.24) is 5.32 Å². The number of rotatable bonds is 5. The monoisotopic (exact) mass is 258 g/mol. The average Bonchev–Trinajstić information content (AvgIpc) is 2.36. The van der Waals surface area contributed by atoms with E-state index in [1.807, 2.05) is 6.92 Å². The zero-order chi connectivity index (χ0) is 14.6. The van der Waals surface area contributed by atoms with Gasteiger partial charge in [0.15, 0.2) is 0 Å². The Labute approximate surface area is 117 Å². The van der Waals surface area contributed by atoms with E-state index < -0.39 is 0 Å². The summed E-state index contributed by atoms with van der Waals surface area (Å²) in [6.07, 6.45) is 0. The van der Waals surface area contributed by atoms with Crippen molar-refractivity contribution in [2.45, 2.75) is 58.9 Å². The first kappa shape index (κ1) is 15.7. The molecular weight excluding hydrogens is 232 g/mol. The van der Waals surface area contributed by atoms with E-state index in [1.165, 1.54) is 16.7 Å². The quantitative estimate of drug-likeness (QED) is 0.869. The fraction of sp³-hybridized carbons (Fsp3) is 0.588. The van der Waals surface area contributed by atoms with Gasteiger partial charge in [0.05, 0.1) is 12.1 Å². The molecule has 1 rings (SSSR count). The number of hydrogen-bond acceptors (Lipinski definition) is 2.